The summed E-state index contributed by atoms with van der Waals surface area (Å²) in [5.74, 6) is 0.606. The average molecular weight is 237 g/mol. The maximum Gasteiger partial charge on any atom is 0.0152 e. The fourth-order valence-electron chi connectivity index (χ4n) is 1.85. The molecular weight excluding hydrogens is 224 g/mol. The lowest BCUT2D eigenvalue weighted by atomic mass is 9.89. The minimum atomic E-state index is 0.606. The molecule has 13 heavy (non-hydrogen) atoms. The minimum Gasteiger partial charge on any atom is -0.0737 e. The first kappa shape index (κ1) is 9.01. The third-order valence-corrected chi connectivity index (χ3v) is 3.45. The largest absolute Gasteiger partial charge is 0.0737 e. The van der Waals surface area contributed by atoms with Gasteiger partial charge in [-0.25, -0.2) is 0 Å². The molecule has 0 radical (unpaired) electrons. The molecule has 1 aromatic rings. The van der Waals surface area contributed by atoms with E-state index in [2.05, 4.69) is 52.3 Å². The Balaban J connectivity index is 2.26. The van der Waals surface area contributed by atoms with E-state index in [1.807, 2.05) is 0 Å². The van der Waals surface area contributed by atoms with Crippen molar-refractivity contribution in [2.45, 2.75) is 25.2 Å². The third-order valence-electron chi connectivity index (χ3n) is 2.57. The van der Waals surface area contributed by atoms with Crippen molar-refractivity contribution in [1.82, 2.24) is 0 Å². The Labute approximate surface area is 87.8 Å². The maximum atomic E-state index is 3.65. The summed E-state index contributed by atoms with van der Waals surface area (Å²) in [4.78, 5) is 0. The lowest BCUT2D eigenvalue weighted by Gasteiger charge is -2.20. The van der Waals surface area contributed by atoms with E-state index < -0.39 is 0 Å². The molecule has 0 unspecified atom stereocenters. The van der Waals surface area contributed by atoms with Crippen LogP contribution < -0.4 is 0 Å². The quantitative estimate of drug-likeness (QED) is 0.685. The highest BCUT2D eigenvalue weighted by Crippen LogP contribution is 2.36. The van der Waals surface area contributed by atoms with Gasteiger partial charge in [-0.05, 0) is 29.3 Å². The molecule has 0 heterocycles. The van der Waals surface area contributed by atoms with Gasteiger partial charge in [0, 0.05) is 5.92 Å². The number of halogens is 1. The Morgan fingerprint density at radius 2 is 1.92 bits per heavy atom. The summed E-state index contributed by atoms with van der Waals surface area (Å²) >= 11 is 3.65. The van der Waals surface area contributed by atoms with E-state index in [4.69, 9.17) is 0 Å². The van der Waals surface area contributed by atoms with Crippen molar-refractivity contribution in [1.29, 1.82) is 0 Å². The summed E-state index contributed by atoms with van der Waals surface area (Å²) < 4.78 is 1.37. The lowest BCUT2D eigenvalue weighted by Crippen LogP contribution is -2.02. The Bertz CT molecular complexity index is 300. The van der Waals surface area contributed by atoms with Crippen molar-refractivity contribution >= 4 is 15.9 Å². The summed E-state index contributed by atoms with van der Waals surface area (Å²) in [7, 11) is 0. The monoisotopic (exact) mass is 236 g/mol. The number of allylic oxidation sites excluding steroid dienone is 2. The van der Waals surface area contributed by atoms with Crippen molar-refractivity contribution in [2.75, 3.05) is 0 Å². The normalized spacial score (nSPS) is 22.5. The first-order valence-electron chi connectivity index (χ1n) is 4.78. The molecule has 2 rings (SSSR count). The Morgan fingerprint density at radius 3 is 2.62 bits per heavy atom. The van der Waals surface area contributed by atoms with Crippen LogP contribution in [0.4, 0.5) is 0 Å². The van der Waals surface area contributed by atoms with Crippen LogP contribution in [0.25, 0.3) is 0 Å². The fraction of sp³-hybridized carbons (Fsp3) is 0.333. The van der Waals surface area contributed by atoms with Gasteiger partial charge in [-0.15, -0.1) is 0 Å². The standard InChI is InChI=1S/C12H13Br/c13-12-9-5-4-8-11(12)10-6-2-1-3-7-10/h1-3,6-7,9,11H,4-5,8H2/t11-/m0/s1. The molecule has 0 amide bonds. The Morgan fingerprint density at radius 1 is 1.15 bits per heavy atom. The van der Waals surface area contributed by atoms with Gasteiger partial charge in [-0.2, -0.15) is 0 Å². The van der Waals surface area contributed by atoms with Crippen LogP contribution >= 0.6 is 15.9 Å². The van der Waals surface area contributed by atoms with Crippen LogP contribution in [-0.4, -0.2) is 0 Å². The smallest absolute Gasteiger partial charge is 0.0152 e. The molecular formula is C12H13Br. The van der Waals surface area contributed by atoms with Crippen molar-refractivity contribution < 1.29 is 0 Å². The molecule has 0 bridgehead atoms. The molecule has 0 N–H and O–H groups in total. The van der Waals surface area contributed by atoms with Crippen LogP contribution in [0, 0.1) is 0 Å². The van der Waals surface area contributed by atoms with Crippen LogP contribution in [0.3, 0.4) is 0 Å². The van der Waals surface area contributed by atoms with Crippen LogP contribution in [0.2, 0.25) is 0 Å². The van der Waals surface area contributed by atoms with Gasteiger partial charge in [0.05, 0.1) is 0 Å². The van der Waals surface area contributed by atoms with Crippen molar-refractivity contribution in [3.63, 3.8) is 0 Å². The van der Waals surface area contributed by atoms with Gasteiger partial charge in [0.25, 0.3) is 0 Å². The first-order valence-corrected chi connectivity index (χ1v) is 5.58. The van der Waals surface area contributed by atoms with Gasteiger partial charge < -0.3 is 0 Å². The molecule has 0 saturated carbocycles. The molecule has 0 aromatic heterocycles. The molecule has 0 saturated heterocycles. The van der Waals surface area contributed by atoms with Crippen molar-refractivity contribution in [3.8, 4) is 0 Å². The summed E-state index contributed by atoms with van der Waals surface area (Å²) in [5, 5.41) is 0. The highest BCUT2D eigenvalue weighted by Gasteiger charge is 2.16. The third kappa shape index (κ3) is 2.02. The molecule has 1 aromatic carbocycles. The van der Waals surface area contributed by atoms with Gasteiger partial charge in [0.15, 0.2) is 0 Å². The Kier molecular flexibility index (Phi) is 2.84. The zero-order chi connectivity index (χ0) is 9.10. The van der Waals surface area contributed by atoms with E-state index in [1.54, 1.807) is 0 Å². The van der Waals surface area contributed by atoms with Crippen molar-refractivity contribution in [2.24, 2.45) is 0 Å². The second kappa shape index (κ2) is 4.10. The minimum absolute atomic E-state index is 0.606. The van der Waals surface area contributed by atoms with E-state index in [-0.39, 0.29) is 0 Å². The lowest BCUT2D eigenvalue weighted by molar-refractivity contribution is 0.648. The first-order chi connectivity index (χ1) is 6.38. The molecule has 0 fully saturated rings. The topological polar surface area (TPSA) is 0 Å². The van der Waals surface area contributed by atoms with E-state index in [0.29, 0.717) is 5.92 Å². The molecule has 1 heteroatoms. The summed E-state index contributed by atoms with van der Waals surface area (Å²) in [6, 6.07) is 10.7. The Hall–Kier alpha value is -0.560. The van der Waals surface area contributed by atoms with Gasteiger partial charge in [0.1, 0.15) is 0 Å². The van der Waals surface area contributed by atoms with E-state index >= 15 is 0 Å². The van der Waals surface area contributed by atoms with Gasteiger partial charge in [-0.1, -0.05) is 52.3 Å². The maximum absolute atomic E-state index is 3.65. The van der Waals surface area contributed by atoms with Crippen LogP contribution in [0.5, 0.6) is 0 Å². The predicted octanol–water partition coefficient (Wildman–Crippen LogP) is 4.23. The highest BCUT2D eigenvalue weighted by molar-refractivity contribution is 9.11. The number of hydrogen-bond donors (Lipinski definition) is 0. The average Bonchev–Trinajstić information content (AvgIpc) is 2.20. The number of rotatable bonds is 1. The second-order valence-electron chi connectivity index (χ2n) is 3.48. The van der Waals surface area contributed by atoms with Crippen LogP contribution in [0.1, 0.15) is 30.7 Å². The van der Waals surface area contributed by atoms with Gasteiger partial charge in [-0.3, -0.25) is 0 Å². The second-order valence-corrected chi connectivity index (χ2v) is 4.40. The summed E-state index contributed by atoms with van der Waals surface area (Å²) in [5.41, 5.74) is 1.44. The zero-order valence-electron chi connectivity index (χ0n) is 7.54. The van der Waals surface area contributed by atoms with Crippen LogP contribution in [0.15, 0.2) is 40.9 Å². The van der Waals surface area contributed by atoms with E-state index in [9.17, 15) is 0 Å². The fourth-order valence-corrected chi connectivity index (χ4v) is 2.58. The molecule has 1 aliphatic carbocycles. The molecule has 1 atom stereocenters. The number of benzene rings is 1. The molecule has 0 spiro atoms. The molecule has 1 aliphatic rings. The zero-order valence-corrected chi connectivity index (χ0v) is 9.13. The van der Waals surface area contributed by atoms with Crippen molar-refractivity contribution in [3.05, 3.63) is 46.5 Å². The predicted molar refractivity (Wildman–Crippen MR) is 60.0 cm³/mol. The van der Waals surface area contributed by atoms with Gasteiger partial charge in [0.2, 0.25) is 0 Å². The molecule has 0 aliphatic heterocycles. The molecule has 0 nitrogen and oxygen atoms in total. The molecule has 68 valence electrons. The highest BCUT2D eigenvalue weighted by atomic mass is 79.9. The number of hydrogen-bond acceptors (Lipinski definition) is 0. The van der Waals surface area contributed by atoms with E-state index in [1.165, 1.54) is 29.3 Å². The van der Waals surface area contributed by atoms with Crippen LogP contribution in [-0.2, 0) is 0 Å². The SMILES string of the molecule is BrC1=CCCC[C@H]1c1ccccc1. The van der Waals surface area contributed by atoms with E-state index in [0.717, 1.165) is 0 Å². The summed E-state index contributed by atoms with van der Waals surface area (Å²) in [6.07, 6.45) is 6.13. The summed E-state index contributed by atoms with van der Waals surface area (Å²) in [6.45, 7) is 0. The van der Waals surface area contributed by atoms with Gasteiger partial charge >= 0.3 is 0 Å².